The fourth-order valence-corrected chi connectivity index (χ4v) is 1.53. The summed E-state index contributed by atoms with van der Waals surface area (Å²) in [6.07, 6.45) is 3.76. The summed E-state index contributed by atoms with van der Waals surface area (Å²) in [5.74, 6) is 0.204. The zero-order valence-corrected chi connectivity index (χ0v) is 11.7. The maximum atomic E-state index is 11.7. The standard InChI is InChI=1S/C13H28N2O3/c1-12(6-3-4-7-14)13(16)15-8-5-9-18-11-10-17-2/h12H,3-11,14H2,1-2H3,(H,15,16). The van der Waals surface area contributed by atoms with Crippen molar-refractivity contribution in [3.05, 3.63) is 0 Å². The topological polar surface area (TPSA) is 73.6 Å². The van der Waals surface area contributed by atoms with Crippen molar-refractivity contribution >= 4 is 5.91 Å². The van der Waals surface area contributed by atoms with Crippen LogP contribution in [0, 0.1) is 5.92 Å². The minimum Gasteiger partial charge on any atom is -0.382 e. The first-order valence-electron chi connectivity index (χ1n) is 6.76. The molecule has 18 heavy (non-hydrogen) atoms. The van der Waals surface area contributed by atoms with Crippen LogP contribution >= 0.6 is 0 Å². The summed E-state index contributed by atoms with van der Waals surface area (Å²) >= 11 is 0. The van der Waals surface area contributed by atoms with Crippen LogP contribution < -0.4 is 11.1 Å². The number of hydrogen-bond acceptors (Lipinski definition) is 4. The summed E-state index contributed by atoms with van der Waals surface area (Å²) in [5.41, 5.74) is 5.42. The zero-order chi connectivity index (χ0) is 13.6. The van der Waals surface area contributed by atoms with Gasteiger partial charge in [-0.15, -0.1) is 0 Å². The molecule has 1 unspecified atom stereocenters. The Morgan fingerprint density at radius 3 is 2.67 bits per heavy atom. The van der Waals surface area contributed by atoms with Gasteiger partial charge >= 0.3 is 0 Å². The minimum atomic E-state index is 0.0750. The van der Waals surface area contributed by atoms with Gasteiger partial charge in [0.25, 0.3) is 0 Å². The SMILES string of the molecule is COCCOCCCNC(=O)C(C)CCCCN. The largest absolute Gasteiger partial charge is 0.382 e. The monoisotopic (exact) mass is 260 g/mol. The Hall–Kier alpha value is -0.650. The van der Waals surface area contributed by atoms with Gasteiger partial charge in [-0.2, -0.15) is 0 Å². The molecular weight excluding hydrogens is 232 g/mol. The Balaban J connectivity index is 3.35. The third-order valence-electron chi connectivity index (χ3n) is 2.74. The van der Waals surface area contributed by atoms with Crippen LogP contribution in [-0.2, 0) is 14.3 Å². The molecule has 0 aliphatic rings. The van der Waals surface area contributed by atoms with Crippen LogP contribution in [0.1, 0.15) is 32.6 Å². The van der Waals surface area contributed by atoms with Crippen molar-refractivity contribution < 1.29 is 14.3 Å². The average Bonchev–Trinajstić information content (AvgIpc) is 2.37. The molecule has 0 saturated carbocycles. The number of methoxy groups -OCH3 is 1. The van der Waals surface area contributed by atoms with Crippen LogP contribution in [0.4, 0.5) is 0 Å². The lowest BCUT2D eigenvalue weighted by atomic mass is 10.0. The summed E-state index contributed by atoms with van der Waals surface area (Å²) in [6.45, 7) is 5.22. The molecule has 0 radical (unpaired) electrons. The molecule has 0 fully saturated rings. The highest BCUT2D eigenvalue weighted by Crippen LogP contribution is 2.07. The van der Waals surface area contributed by atoms with E-state index in [1.807, 2.05) is 6.92 Å². The van der Waals surface area contributed by atoms with Crippen LogP contribution in [0.15, 0.2) is 0 Å². The molecule has 1 amide bonds. The molecule has 5 nitrogen and oxygen atoms in total. The number of carbonyl (C=O) groups is 1. The predicted molar refractivity (Wildman–Crippen MR) is 72.4 cm³/mol. The molecule has 0 aromatic rings. The van der Waals surface area contributed by atoms with Crippen molar-refractivity contribution in [3.63, 3.8) is 0 Å². The van der Waals surface area contributed by atoms with Gasteiger partial charge in [-0.05, 0) is 25.8 Å². The molecule has 5 heteroatoms. The number of hydrogen-bond donors (Lipinski definition) is 2. The Morgan fingerprint density at radius 2 is 2.00 bits per heavy atom. The van der Waals surface area contributed by atoms with Crippen LogP contribution in [0.25, 0.3) is 0 Å². The first kappa shape index (κ1) is 17.4. The molecular formula is C13H28N2O3. The second-order valence-electron chi connectivity index (χ2n) is 4.44. The van der Waals surface area contributed by atoms with Crippen molar-refractivity contribution in [2.24, 2.45) is 11.7 Å². The lowest BCUT2D eigenvalue weighted by Crippen LogP contribution is -2.30. The van der Waals surface area contributed by atoms with E-state index in [0.29, 0.717) is 32.9 Å². The van der Waals surface area contributed by atoms with Gasteiger partial charge in [0.15, 0.2) is 0 Å². The highest BCUT2D eigenvalue weighted by molar-refractivity contribution is 5.78. The van der Waals surface area contributed by atoms with Gasteiger partial charge in [-0.3, -0.25) is 4.79 Å². The number of nitrogens with two attached hydrogens (primary N) is 1. The maximum absolute atomic E-state index is 11.7. The summed E-state index contributed by atoms with van der Waals surface area (Å²) in [6, 6.07) is 0. The van der Waals surface area contributed by atoms with Gasteiger partial charge in [-0.1, -0.05) is 13.3 Å². The van der Waals surface area contributed by atoms with Crippen molar-refractivity contribution in [1.82, 2.24) is 5.32 Å². The predicted octanol–water partition coefficient (Wildman–Crippen LogP) is 0.921. The number of nitrogens with one attached hydrogen (secondary N) is 1. The Kier molecular flexibility index (Phi) is 12.3. The molecule has 0 bridgehead atoms. The smallest absolute Gasteiger partial charge is 0.222 e. The van der Waals surface area contributed by atoms with Crippen LogP contribution in [0.3, 0.4) is 0 Å². The van der Waals surface area contributed by atoms with Gasteiger partial charge in [0.1, 0.15) is 0 Å². The second kappa shape index (κ2) is 12.8. The number of ether oxygens (including phenoxy) is 2. The van der Waals surface area contributed by atoms with E-state index in [1.165, 1.54) is 0 Å². The molecule has 1 atom stereocenters. The molecule has 3 N–H and O–H groups in total. The number of amides is 1. The Labute approximate surface area is 110 Å². The van der Waals surface area contributed by atoms with Crippen molar-refractivity contribution in [1.29, 1.82) is 0 Å². The molecule has 0 aliphatic heterocycles. The van der Waals surface area contributed by atoms with Crippen LogP contribution in [-0.4, -0.2) is 45.9 Å². The third-order valence-corrected chi connectivity index (χ3v) is 2.74. The lowest BCUT2D eigenvalue weighted by molar-refractivity contribution is -0.124. The van der Waals surface area contributed by atoms with E-state index in [1.54, 1.807) is 7.11 Å². The van der Waals surface area contributed by atoms with E-state index in [4.69, 9.17) is 15.2 Å². The molecule has 0 aromatic heterocycles. The molecule has 0 spiro atoms. The Morgan fingerprint density at radius 1 is 1.22 bits per heavy atom. The van der Waals surface area contributed by atoms with Crippen LogP contribution in [0.2, 0.25) is 0 Å². The van der Waals surface area contributed by atoms with Gasteiger partial charge in [0, 0.05) is 26.2 Å². The van der Waals surface area contributed by atoms with E-state index >= 15 is 0 Å². The maximum Gasteiger partial charge on any atom is 0.222 e. The number of rotatable bonds is 12. The van der Waals surface area contributed by atoms with Gasteiger partial charge in [0.2, 0.25) is 5.91 Å². The normalized spacial score (nSPS) is 12.4. The van der Waals surface area contributed by atoms with Crippen molar-refractivity contribution in [2.75, 3.05) is 40.0 Å². The van der Waals surface area contributed by atoms with E-state index in [0.717, 1.165) is 25.7 Å². The van der Waals surface area contributed by atoms with E-state index in [2.05, 4.69) is 5.32 Å². The Bertz CT molecular complexity index is 201. The molecule has 108 valence electrons. The summed E-state index contributed by atoms with van der Waals surface area (Å²) < 4.78 is 10.2. The van der Waals surface area contributed by atoms with E-state index < -0.39 is 0 Å². The quantitative estimate of drug-likeness (QED) is 0.512. The highest BCUT2D eigenvalue weighted by atomic mass is 16.5. The van der Waals surface area contributed by atoms with Gasteiger partial charge in [-0.25, -0.2) is 0 Å². The first-order chi connectivity index (χ1) is 8.72. The zero-order valence-electron chi connectivity index (χ0n) is 11.7. The lowest BCUT2D eigenvalue weighted by Gasteiger charge is -2.11. The van der Waals surface area contributed by atoms with Crippen molar-refractivity contribution in [2.45, 2.75) is 32.6 Å². The van der Waals surface area contributed by atoms with Crippen LogP contribution in [0.5, 0.6) is 0 Å². The number of unbranched alkanes of at least 4 members (excludes halogenated alkanes) is 1. The molecule has 0 rings (SSSR count). The van der Waals surface area contributed by atoms with E-state index in [9.17, 15) is 4.79 Å². The second-order valence-corrected chi connectivity index (χ2v) is 4.44. The fourth-order valence-electron chi connectivity index (χ4n) is 1.53. The summed E-state index contributed by atoms with van der Waals surface area (Å²) in [7, 11) is 1.65. The summed E-state index contributed by atoms with van der Waals surface area (Å²) in [4.78, 5) is 11.7. The van der Waals surface area contributed by atoms with Gasteiger partial charge < -0.3 is 20.5 Å². The number of carbonyl (C=O) groups excluding carboxylic acids is 1. The van der Waals surface area contributed by atoms with Crippen molar-refractivity contribution in [3.8, 4) is 0 Å². The van der Waals surface area contributed by atoms with Gasteiger partial charge in [0.05, 0.1) is 13.2 Å². The minimum absolute atomic E-state index is 0.0750. The highest BCUT2D eigenvalue weighted by Gasteiger charge is 2.11. The third kappa shape index (κ3) is 10.5. The van der Waals surface area contributed by atoms with E-state index in [-0.39, 0.29) is 11.8 Å². The molecule has 0 aromatic carbocycles. The molecule has 0 heterocycles. The summed E-state index contributed by atoms with van der Waals surface area (Å²) in [5, 5.41) is 2.92. The molecule has 0 saturated heterocycles. The first-order valence-corrected chi connectivity index (χ1v) is 6.76. The fraction of sp³-hybridized carbons (Fsp3) is 0.923. The molecule has 0 aliphatic carbocycles. The average molecular weight is 260 g/mol.